The summed E-state index contributed by atoms with van der Waals surface area (Å²) < 4.78 is 38.7. The highest BCUT2D eigenvalue weighted by molar-refractivity contribution is 7.92. The van der Waals surface area contributed by atoms with E-state index >= 15 is 0 Å². The third-order valence-corrected chi connectivity index (χ3v) is 5.09. The highest BCUT2D eigenvalue weighted by atomic mass is 35.5. The van der Waals surface area contributed by atoms with E-state index in [0.29, 0.717) is 10.7 Å². The molecule has 134 valence electrons. The first kappa shape index (κ1) is 19.2. The Bertz CT molecular complexity index is 903. The van der Waals surface area contributed by atoms with Crippen LogP contribution in [0.2, 0.25) is 5.02 Å². The molecule has 0 saturated heterocycles. The van der Waals surface area contributed by atoms with Gasteiger partial charge >= 0.3 is 0 Å². The molecule has 2 rings (SSSR count). The van der Waals surface area contributed by atoms with Gasteiger partial charge < -0.3 is 5.32 Å². The van der Waals surface area contributed by atoms with Gasteiger partial charge in [0.15, 0.2) is 0 Å². The number of aryl methyl sites for hydroxylation is 1. The number of amides is 1. The second-order valence-electron chi connectivity index (χ2n) is 5.66. The van der Waals surface area contributed by atoms with E-state index < -0.39 is 27.8 Å². The molecule has 2 aromatic rings. The Morgan fingerprint density at radius 1 is 1.24 bits per heavy atom. The predicted molar refractivity (Wildman–Crippen MR) is 98.0 cm³/mol. The van der Waals surface area contributed by atoms with Crippen molar-refractivity contribution in [3.8, 4) is 0 Å². The van der Waals surface area contributed by atoms with Crippen LogP contribution < -0.4 is 9.62 Å². The van der Waals surface area contributed by atoms with Crippen LogP contribution in [0.1, 0.15) is 12.5 Å². The quantitative estimate of drug-likeness (QED) is 0.856. The van der Waals surface area contributed by atoms with Crippen LogP contribution in [0.4, 0.5) is 15.8 Å². The Morgan fingerprint density at radius 3 is 2.52 bits per heavy atom. The fourth-order valence-electron chi connectivity index (χ4n) is 2.39. The van der Waals surface area contributed by atoms with E-state index in [2.05, 4.69) is 5.32 Å². The number of halogens is 2. The van der Waals surface area contributed by atoms with Crippen molar-refractivity contribution in [2.45, 2.75) is 19.9 Å². The second-order valence-corrected chi connectivity index (χ2v) is 7.96. The molecule has 1 atom stereocenters. The summed E-state index contributed by atoms with van der Waals surface area (Å²) in [5.41, 5.74) is 1.34. The number of benzene rings is 2. The van der Waals surface area contributed by atoms with Gasteiger partial charge in [0.2, 0.25) is 15.9 Å². The maximum atomic E-state index is 13.5. The van der Waals surface area contributed by atoms with Crippen LogP contribution in [0.3, 0.4) is 0 Å². The van der Waals surface area contributed by atoms with E-state index in [9.17, 15) is 17.6 Å². The molecule has 0 bridgehead atoms. The van der Waals surface area contributed by atoms with Crippen molar-refractivity contribution in [3.05, 3.63) is 58.9 Å². The van der Waals surface area contributed by atoms with Crippen molar-refractivity contribution in [2.24, 2.45) is 0 Å². The van der Waals surface area contributed by atoms with E-state index in [-0.39, 0.29) is 5.69 Å². The summed E-state index contributed by atoms with van der Waals surface area (Å²) in [6, 6.07) is 8.99. The zero-order valence-electron chi connectivity index (χ0n) is 14.0. The Morgan fingerprint density at radius 2 is 1.92 bits per heavy atom. The number of carbonyl (C=O) groups is 1. The monoisotopic (exact) mass is 384 g/mol. The zero-order chi connectivity index (χ0) is 18.8. The van der Waals surface area contributed by atoms with Crippen molar-refractivity contribution in [1.82, 2.24) is 0 Å². The summed E-state index contributed by atoms with van der Waals surface area (Å²) in [4.78, 5) is 12.6. The minimum Gasteiger partial charge on any atom is -0.324 e. The molecule has 8 heteroatoms. The van der Waals surface area contributed by atoms with Crippen LogP contribution >= 0.6 is 11.6 Å². The van der Waals surface area contributed by atoms with Crippen LogP contribution in [0.5, 0.6) is 0 Å². The highest BCUT2D eigenvalue weighted by Crippen LogP contribution is 2.24. The number of carbonyl (C=O) groups excluding carboxylic acids is 1. The van der Waals surface area contributed by atoms with Crippen LogP contribution in [0.15, 0.2) is 42.5 Å². The zero-order valence-corrected chi connectivity index (χ0v) is 15.5. The van der Waals surface area contributed by atoms with Crippen LogP contribution in [-0.4, -0.2) is 26.6 Å². The molecule has 0 aliphatic heterocycles. The van der Waals surface area contributed by atoms with Gasteiger partial charge in [-0.25, -0.2) is 12.8 Å². The minimum absolute atomic E-state index is 0.0768. The molecule has 5 nitrogen and oxygen atoms in total. The SMILES string of the molecule is Cc1ccc(Cl)cc1NC(=O)C(C)N(c1cccc(F)c1)S(C)(=O)=O. The fraction of sp³-hybridized carbons (Fsp3) is 0.235. The van der Waals surface area contributed by atoms with Crippen molar-refractivity contribution >= 4 is 38.9 Å². The molecule has 0 radical (unpaired) electrons. The van der Waals surface area contributed by atoms with Gasteiger partial charge in [-0.3, -0.25) is 9.10 Å². The Labute approximate surface area is 151 Å². The lowest BCUT2D eigenvalue weighted by Gasteiger charge is -2.28. The summed E-state index contributed by atoms with van der Waals surface area (Å²) in [7, 11) is -3.81. The number of hydrogen-bond donors (Lipinski definition) is 1. The number of hydrogen-bond acceptors (Lipinski definition) is 3. The maximum absolute atomic E-state index is 13.5. The summed E-state index contributed by atoms with van der Waals surface area (Å²) in [6.45, 7) is 3.22. The fourth-order valence-corrected chi connectivity index (χ4v) is 3.73. The lowest BCUT2D eigenvalue weighted by molar-refractivity contribution is -0.116. The normalized spacial score (nSPS) is 12.5. The topological polar surface area (TPSA) is 66.5 Å². The Balaban J connectivity index is 2.35. The summed E-state index contributed by atoms with van der Waals surface area (Å²) >= 11 is 5.93. The van der Waals surface area contributed by atoms with Crippen LogP contribution in [-0.2, 0) is 14.8 Å². The number of nitrogens with one attached hydrogen (secondary N) is 1. The molecule has 0 aromatic heterocycles. The van der Waals surface area contributed by atoms with Gasteiger partial charge in [0, 0.05) is 10.7 Å². The average Bonchev–Trinajstić information content (AvgIpc) is 2.49. The summed E-state index contributed by atoms with van der Waals surface area (Å²) in [5, 5.41) is 3.11. The largest absolute Gasteiger partial charge is 0.324 e. The van der Waals surface area contributed by atoms with E-state index in [0.717, 1.165) is 22.2 Å². The van der Waals surface area contributed by atoms with Gasteiger partial charge in [-0.15, -0.1) is 0 Å². The second kappa shape index (κ2) is 7.41. The number of sulfonamides is 1. The Hall–Kier alpha value is -2.12. The molecule has 0 aliphatic rings. The third-order valence-electron chi connectivity index (χ3n) is 3.61. The average molecular weight is 385 g/mol. The molecule has 1 unspecified atom stereocenters. The minimum atomic E-state index is -3.81. The van der Waals surface area contributed by atoms with Gasteiger partial charge in [-0.2, -0.15) is 0 Å². The molecule has 25 heavy (non-hydrogen) atoms. The molecule has 1 amide bonds. The van der Waals surface area contributed by atoms with Gasteiger partial charge in [0.05, 0.1) is 11.9 Å². The van der Waals surface area contributed by atoms with Gasteiger partial charge in [0.1, 0.15) is 11.9 Å². The number of nitrogens with zero attached hydrogens (tertiary/aromatic N) is 1. The maximum Gasteiger partial charge on any atom is 0.248 e. The number of anilines is 2. The molecule has 0 spiro atoms. The number of rotatable bonds is 5. The third kappa shape index (κ3) is 4.70. The lowest BCUT2D eigenvalue weighted by Crippen LogP contribution is -2.45. The summed E-state index contributed by atoms with van der Waals surface area (Å²) in [6.07, 6.45) is 0.965. The van der Waals surface area contributed by atoms with Crippen LogP contribution in [0, 0.1) is 12.7 Å². The first-order chi connectivity index (χ1) is 11.6. The first-order valence-corrected chi connectivity index (χ1v) is 9.64. The van der Waals surface area contributed by atoms with Gasteiger partial charge in [0.25, 0.3) is 0 Å². The van der Waals surface area contributed by atoms with E-state index in [1.165, 1.54) is 25.1 Å². The first-order valence-electron chi connectivity index (χ1n) is 7.41. The Kier molecular flexibility index (Phi) is 5.69. The van der Waals surface area contributed by atoms with Crippen molar-refractivity contribution < 1.29 is 17.6 Å². The molecule has 0 saturated carbocycles. The highest BCUT2D eigenvalue weighted by Gasteiger charge is 2.29. The van der Waals surface area contributed by atoms with Crippen molar-refractivity contribution in [2.75, 3.05) is 15.9 Å². The molecule has 0 aliphatic carbocycles. The van der Waals surface area contributed by atoms with E-state index in [1.807, 2.05) is 0 Å². The molecular weight excluding hydrogens is 367 g/mol. The standard InChI is InChI=1S/C17H18ClFN2O3S/c1-11-7-8-13(18)9-16(11)20-17(22)12(2)21(25(3,23)24)15-6-4-5-14(19)10-15/h4-10,12H,1-3H3,(H,20,22). The van der Waals surface area contributed by atoms with Crippen LogP contribution in [0.25, 0.3) is 0 Å². The molecule has 0 fully saturated rings. The van der Waals surface area contributed by atoms with Crippen molar-refractivity contribution in [3.63, 3.8) is 0 Å². The smallest absolute Gasteiger partial charge is 0.248 e. The van der Waals surface area contributed by atoms with Gasteiger partial charge in [-0.1, -0.05) is 23.7 Å². The van der Waals surface area contributed by atoms with E-state index in [4.69, 9.17) is 11.6 Å². The van der Waals surface area contributed by atoms with Gasteiger partial charge in [-0.05, 0) is 49.7 Å². The molecular formula is C17H18ClFN2O3S. The lowest BCUT2D eigenvalue weighted by atomic mass is 10.2. The molecule has 1 N–H and O–H groups in total. The van der Waals surface area contributed by atoms with Crippen molar-refractivity contribution in [1.29, 1.82) is 0 Å². The molecule has 2 aromatic carbocycles. The molecule has 0 heterocycles. The summed E-state index contributed by atoms with van der Waals surface area (Å²) in [5.74, 6) is -1.15. The van der Waals surface area contributed by atoms with E-state index in [1.54, 1.807) is 25.1 Å². The predicted octanol–water partition coefficient (Wildman–Crippen LogP) is 3.58.